The van der Waals surface area contributed by atoms with Gasteiger partial charge in [0.1, 0.15) is 0 Å². The molecule has 1 amide bonds. The Hall–Kier alpha value is -3.91. The van der Waals surface area contributed by atoms with Gasteiger partial charge in [-0.15, -0.1) is 0 Å². The van der Waals surface area contributed by atoms with Crippen molar-refractivity contribution in [2.24, 2.45) is 0 Å². The fourth-order valence-electron chi connectivity index (χ4n) is 3.77. The van der Waals surface area contributed by atoms with Gasteiger partial charge < -0.3 is 5.32 Å². The third-order valence-corrected chi connectivity index (χ3v) is 6.97. The van der Waals surface area contributed by atoms with Crippen LogP contribution >= 0.6 is 0 Å². The summed E-state index contributed by atoms with van der Waals surface area (Å²) in [6.07, 6.45) is 0. The molecule has 7 nitrogen and oxygen atoms in total. The number of aryl methyl sites for hydroxylation is 3. The summed E-state index contributed by atoms with van der Waals surface area (Å²) in [7, 11) is -3.82. The summed E-state index contributed by atoms with van der Waals surface area (Å²) in [5.41, 5.74) is 5.86. The number of nitrogens with one attached hydrogen (secondary N) is 2. The summed E-state index contributed by atoms with van der Waals surface area (Å²) in [5.74, 6) is -0.346. The Morgan fingerprint density at radius 1 is 0.886 bits per heavy atom. The number of amides is 1. The number of sulfonamides is 1. The zero-order chi connectivity index (χ0) is 25.0. The smallest absolute Gasteiger partial charge is 0.261 e. The molecule has 8 heteroatoms. The number of carbonyl (C=O) groups excluding carboxylic acids is 1. The second kappa shape index (κ2) is 10.1. The van der Waals surface area contributed by atoms with Crippen LogP contribution in [-0.4, -0.2) is 24.1 Å². The lowest BCUT2D eigenvalue weighted by atomic mass is 10.1. The lowest BCUT2D eigenvalue weighted by Gasteiger charge is -2.11. The molecule has 1 aromatic heterocycles. The third kappa shape index (κ3) is 6.16. The molecule has 0 radical (unpaired) electrons. The molecule has 0 unspecified atom stereocenters. The van der Waals surface area contributed by atoms with Gasteiger partial charge in [-0.3, -0.25) is 14.2 Å². The van der Waals surface area contributed by atoms with Crippen LogP contribution in [-0.2, 0) is 23.1 Å². The van der Waals surface area contributed by atoms with E-state index in [4.69, 9.17) is 0 Å². The first-order valence-corrected chi connectivity index (χ1v) is 12.7. The first-order valence-electron chi connectivity index (χ1n) is 11.3. The van der Waals surface area contributed by atoms with Crippen molar-refractivity contribution in [2.75, 3.05) is 4.72 Å². The van der Waals surface area contributed by atoms with Crippen molar-refractivity contribution in [3.05, 3.63) is 113 Å². The van der Waals surface area contributed by atoms with Crippen LogP contribution < -0.4 is 10.0 Å². The molecule has 0 atom stereocenters. The Balaban J connectivity index is 1.42. The zero-order valence-corrected chi connectivity index (χ0v) is 20.8. The number of hydrogen-bond acceptors (Lipinski definition) is 4. The van der Waals surface area contributed by atoms with E-state index in [-0.39, 0.29) is 16.4 Å². The van der Waals surface area contributed by atoms with Crippen LogP contribution in [0.25, 0.3) is 0 Å². The minimum Gasteiger partial charge on any atom is -0.348 e. The molecule has 3 aromatic carbocycles. The molecule has 4 aromatic rings. The summed E-state index contributed by atoms with van der Waals surface area (Å²) in [6, 6.07) is 23.0. The second-order valence-corrected chi connectivity index (χ2v) is 10.3. The van der Waals surface area contributed by atoms with E-state index in [2.05, 4.69) is 15.1 Å². The van der Waals surface area contributed by atoms with E-state index in [1.54, 1.807) is 24.3 Å². The van der Waals surface area contributed by atoms with Crippen molar-refractivity contribution in [3.8, 4) is 0 Å². The van der Waals surface area contributed by atoms with E-state index in [0.29, 0.717) is 18.8 Å². The highest BCUT2D eigenvalue weighted by atomic mass is 32.2. The average molecular weight is 489 g/mol. The molecule has 0 spiro atoms. The van der Waals surface area contributed by atoms with Gasteiger partial charge in [-0.25, -0.2) is 8.42 Å². The Bertz CT molecular complexity index is 1460. The molecule has 4 rings (SSSR count). The van der Waals surface area contributed by atoms with E-state index in [0.717, 1.165) is 28.1 Å². The van der Waals surface area contributed by atoms with Gasteiger partial charge in [-0.05, 0) is 68.3 Å². The standard InChI is InChI=1S/C27H28N4O3S/c1-19-10-12-25(13-11-19)30-35(33,34)26-9-5-8-24(16-26)27(32)28-17-22-6-4-7-23(15-22)18-31-21(3)14-20(2)29-31/h4-16,30H,17-18H2,1-3H3,(H,28,32). The van der Waals surface area contributed by atoms with Gasteiger partial charge in [-0.1, -0.05) is 48.0 Å². The van der Waals surface area contributed by atoms with Crippen molar-refractivity contribution in [2.45, 2.75) is 38.8 Å². The molecule has 35 heavy (non-hydrogen) atoms. The first-order chi connectivity index (χ1) is 16.7. The van der Waals surface area contributed by atoms with E-state index in [1.165, 1.54) is 12.1 Å². The van der Waals surface area contributed by atoms with Crippen molar-refractivity contribution in [1.29, 1.82) is 0 Å². The third-order valence-electron chi connectivity index (χ3n) is 5.59. The number of rotatable bonds is 8. The maximum Gasteiger partial charge on any atom is 0.261 e. The van der Waals surface area contributed by atoms with Crippen molar-refractivity contribution in [3.63, 3.8) is 0 Å². The second-order valence-electron chi connectivity index (χ2n) is 8.59. The molecule has 0 aliphatic heterocycles. The normalized spacial score (nSPS) is 11.3. The van der Waals surface area contributed by atoms with Crippen molar-refractivity contribution < 1.29 is 13.2 Å². The van der Waals surface area contributed by atoms with Gasteiger partial charge in [0.05, 0.1) is 17.1 Å². The van der Waals surface area contributed by atoms with Crippen LogP contribution in [0.3, 0.4) is 0 Å². The number of anilines is 1. The van der Waals surface area contributed by atoms with Crippen LogP contribution in [0, 0.1) is 20.8 Å². The zero-order valence-electron chi connectivity index (χ0n) is 19.9. The molecular weight excluding hydrogens is 460 g/mol. The number of hydrogen-bond donors (Lipinski definition) is 2. The molecule has 0 fully saturated rings. The van der Waals surface area contributed by atoms with E-state index < -0.39 is 10.0 Å². The Morgan fingerprint density at radius 3 is 2.31 bits per heavy atom. The van der Waals surface area contributed by atoms with Crippen molar-refractivity contribution in [1.82, 2.24) is 15.1 Å². The number of aromatic nitrogens is 2. The monoisotopic (exact) mass is 488 g/mol. The van der Waals surface area contributed by atoms with E-state index >= 15 is 0 Å². The molecule has 0 bridgehead atoms. The topological polar surface area (TPSA) is 93.1 Å². The fraction of sp³-hybridized carbons (Fsp3) is 0.185. The molecule has 0 aliphatic rings. The highest BCUT2D eigenvalue weighted by Crippen LogP contribution is 2.18. The minimum atomic E-state index is -3.82. The summed E-state index contributed by atoms with van der Waals surface area (Å²) in [4.78, 5) is 12.8. The van der Waals surface area contributed by atoms with Crippen LogP contribution in [0.2, 0.25) is 0 Å². The predicted molar refractivity (Wildman–Crippen MR) is 137 cm³/mol. The highest BCUT2D eigenvalue weighted by Gasteiger charge is 2.16. The van der Waals surface area contributed by atoms with Gasteiger partial charge in [0.25, 0.3) is 15.9 Å². The fourth-order valence-corrected chi connectivity index (χ4v) is 4.87. The van der Waals surface area contributed by atoms with Crippen LogP contribution in [0.15, 0.2) is 83.8 Å². The molecule has 0 aliphatic carbocycles. The molecule has 180 valence electrons. The SMILES string of the molecule is Cc1ccc(NS(=O)(=O)c2cccc(C(=O)NCc3cccc(Cn4nc(C)cc4C)c3)c2)cc1. The molecule has 1 heterocycles. The van der Waals surface area contributed by atoms with Gasteiger partial charge >= 0.3 is 0 Å². The van der Waals surface area contributed by atoms with Gasteiger partial charge in [0.15, 0.2) is 0 Å². The Kier molecular flexibility index (Phi) is 7.02. The maximum absolute atomic E-state index is 12.8. The lowest BCUT2D eigenvalue weighted by Crippen LogP contribution is -2.23. The highest BCUT2D eigenvalue weighted by molar-refractivity contribution is 7.92. The number of benzene rings is 3. The van der Waals surface area contributed by atoms with Crippen LogP contribution in [0.1, 0.15) is 38.4 Å². The number of nitrogens with zero attached hydrogens (tertiary/aromatic N) is 2. The quantitative estimate of drug-likeness (QED) is 0.379. The van der Waals surface area contributed by atoms with Crippen LogP contribution in [0.5, 0.6) is 0 Å². The Morgan fingerprint density at radius 2 is 1.60 bits per heavy atom. The Labute approximate surface area is 205 Å². The molecule has 0 saturated heterocycles. The summed E-state index contributed by atoms with van der Waals surface area (Å²) in [6.45, 7) is 6.89. The molecule has 0 saturated carbocycles. The van der Waals surface area contributed by atoms with Gasteiger partial charge in [0, 0.05) is 23.5 Å². The van der Waals surface area contributed by atoms with Crippen LogP contribution in [0.4, 0.5) is 5.69 Å². The van der Waals surface area contributed by atoms with E-state index in [9.17, 15) is 13.2 Å². The number of carbonyl (C=O) groups is 1. The minimum absolute atomic E-state index is 0.0256. The first kappa shape index (κ1) is 24.2. The summed E-state index contributed by atoms with van der Waals surface area (Å²) in [5, 5.41) is 7.38. The molecular formula is C27H28N4O3S. The summed E-state index contributed by atoms with van der Waals surface area (Å²) < 4.78 is 30.1. The predicted octanol–water partition coefficient (Wildman–Crippen LogP) is 4.59. The van der Waals surface area contributed by atoms with Crippen molar-refractivity contribution >= 4 is 21.6 Å². The van der Waals surface area contributed by atoms with Gasteiger partial charge in [0.2, 0.25) is 0 Å². The van der Waals surface area contributed by atoms with E-state index in [1.807, 2.05) is 67.9 Å². The summed E-state index contributed by atoms with van der Waals surface area (Å²) >= 11 is 0. The average Bonchev–Trinajstić information content (AvgIpc) is 3.15. The largest absolute Gasteiger partial charge is 0.348 e. The lowest BCUT2D eigenvalue weighted by molar-refractivity contribution is 0.0950. The van der Waals surface area contributed by atoms with Gasteiger partial charge in [-0.2, -0.15) is 5.10 Å². The molecule has 2 N–H and O–H groups in total. The maximum atomic E-state index is 12.8.